The number of ketones is 1. The van der Waals surface area contributed by atoms with Crippen LogP contribution in [0.5, 0.6) is 0 Å². The Morgan fingerprint density at radius 2 is 1.76 bits per heavy atom. The normalized spacial score (nSPS) is 19.3. The quantitative estimate of drug-likeness (QED) is 0.859. The van der Waals surface area contributed by atoms with Crippen molar-refractivity contribution in [2.45, 2.75) is 44.4 Å². The molecule has 5 heteroatoms. The number of rotatable bonds is 4. The summed E-state index contributed by atoms with van der Waals surface area (Å²) in [5, 5.41) is 0. The number of benzene rings is 1. The van der Waals surface area contributed by atoms with Gasteiger partial charge in [0.2, 0.25) is 0 Å². The van der Waals surface area contributed by atoms with E-state index in [1.165, 1.54) is 0 Å². The summed E-state index contributed by atoms with van der Waals surface area (Å²) in [5.41, 5.74) is 1.95. The number of sulfone groups is 1. The Morgan fingerprint density at radius 3 is 2.29 bits per heavy atom. The van der Waals surface area contributed by atoms with Crippen LogP contribution >= 0.6 is 0 Å². The molecule has 0 atom stereocenters. The molecule has 0 saturated heterocycles. The van der Waals surface area contributed by atoms with Gasteiger partial charge in [-0.15, -0.1) is 0 Å². The van der Waals surface area contributed by atoms with Crippen molar-refractivity contribution in [2.75, 3.05) is 5.88 Å². The van der Waals surface area contributed by atoms with Crippen LogP contribution in [0.15, 0.2) is 34.2 Å². The van der Waals surface area contributed by atoms with Gasteiger partial charge in [0.25, 0.3) is 0 Å². The minimum Gasteiger partial charge on any atom is -0.300 e. The first-order valence-corrected chi connectivity index (χ1v) is 8.86. The Hall–Kier alpha value is -1.49. The molecule has 1 aliphatic carbocycles. The van der Waals surface area contributed by atoms with Crippen LogP contribution in [0.25, 0.3) is 0 Å². The molecule has 1 aromatic rings. The van der Waals surface area contributed by atoms with Crippen LogP contribution < -0.4 is 0 Å². The van der Waals surface area contributed by atoms with Crippen molar-refractivity contribution in [1.82, 2.24) is 0 Å². The molecule has 0 heterocycles. The van der Waals surface area contributed by atoms with Gasteiger partial charge >= 0.3 is 0 Å². The molecule has 1 aliphatic rings. The van der Waals surface area contributed by atoms with E-state index in [-0.39, 0.29) is 17.6 Å². The summed E-state index contributed by atoms with van der Waals surface area (Å²) in [6.45, 7) is 3.54. The van der Waals surface area contributed by atoms with E-state index >= 15 is 0 Å². The van der Waals surface area contributed by atoms with Gasteiger partial charge in [0, 0.05) is 11.6 Å². The van der Waals surface area contributed by atoms with Crippen LogP contribution in [0.4, 0.5) is 0 Å². The minimum absolute atomic E-state index is 0.123. The summed E-state index contributed by atoms with van der Waals surface area (Å²) < 4.78 is 24.4. The molecule has 0 spiro atoms. The molecular formula is C16H21NO3S. The summed E-state index contributed by atoms with van der Waals surface area (Å²) >= 11 is 0. The van der Waals surface area contributed by atoms with Crippen LogP contribution in [0.1, 0.15) is 38.2 Å². The molecule has 0 amide bonds. The lowest BCUT2D eigenvalue weighted by molar-refractivity contribution is -0.121. The highest BCUT2D eigenvalue weighted by atomic mass is 32.2. The lowest BCUT2D eigenvalue weighted by Crippen LogP contribution is -2.20. The van der Waals surface area contributed by atoms with Gasteiger partial charge in [-0.25, -0.2) is 8.42 Å². The van der Waals surface area contributed by atoms with Crippen LogP contribution in [0.3, 0.4) is 0 Å². The van der Waals surface area contributed by atoms with Gasteiger partial charge < -0.3 is 0 Å². The average Bonchev–Trinajstić information content (AvgIpc) is 2.46. The summed E-state index contributed by atoms with van der Waals surface area (Å²) in [5.74, 6) is 0.148. The van der Waals surface area contributed by atoms with E-state index in [1.54, 1.807) is 31.2 Å². The Labute approximate surface area is 126 Å². The maximum Gasteiger partial charge on any atom is 0.198 e. The maximum absolute atomic E-state index is 12.2. The zero-order chi connectivity index (χ0) is 15.5. The molecule has 1 aromatic carbocycles. The van der Waals surface area contributed by atoms with Gasteiger partial charge in [0.15, 0.2) is 9.84 Å². The molecule has 0 bridgehead atoms. The standard InChI is InChI=1S/C16H21NO3S/c1-12-3-9-16(10-4-12)21(19,20)11-17-15-7-5-14(6-8-15)13(2)18/h3-4,9-10,14H,5-8,11H2,1-2H3. The molecule has 0 unspecified atom stereocenters. The number of hydrogen-bond acceptors (Lipinski definition) is 4. The fourth-order valence-electron chi connectivity index (χ4n) is 2.51. The molecule has 0 aromatic heterocycles. The molecule has 1 fully saturated rings. The highest BCUT2D eigenvalue weighted by Gasteiger charge is 2.21. The van der Waals surface area contributed by atoms with Crippen molar-refractivity contribution < 1.29 is 13.2 Å². The van der Waals surface area contributed by atoms with Gasteiger partial charge in [-0.05, 0) is 51.7 Å². The third-order valence-electron chi connectivity index (χ3n) is 3.98. The van der Waals surface area contributed by atoms with Crippen molar-refractivity contribution in [1.29, 1.82) is 0 Å². The fraction of sp³-hybridized carbons (Fsp3) is 0.500. The van der Waals surface area contributed by atoms with Crippen molar-refractivity contribution in [3.63, 3.8) is 0 Å². The molecule has 2 rings (SSSR count). The lowest BCUT2D eigenvalue weighted by Gasteiger charge is -2.20. The highest BCUT2D eigenvalue weighted by Crippen LogP contribution is 2.23. The summed E-state index contributed by atoms with van der Waals surface area (Å²) in [6, 6.07) is 6.82. The molecule has 4 nitrogen and oxygen atoms in total. The third-order valence-corrected chi connectivity index (χ3v) is 5.44. The van der Waals surface area contributed by atoms with Crippen LogP contribution in [-0.4, -0.2) is 25.8 Å². The molecule has 0 aliphatic heterocycles. The Kier molecular flexibility index (Phi) is 4.93. The van der Waals surface area contributed by atoms with E-state index in [2.05, 4.69) is 4.99 Å². The highest BCUT2D eigenvalue weighted by molar-refractivity contribution is 7.91. The maximum atomic E-state index is 12.2. The van der Waals surface area contributed by atoms with Crippen LogP contribution in [0.2, 0.25) is 0 Å². The van der Waals surface area contributed by atoms with Crippen molar-refractivity contribution in [3.8, 4) is 0 Å². The zero-order valence-electron chi connectivity index (χ0n) is 12.5. The first kappa shape index (κ1) is 15.9. The van der Waals surface area contributed by atoms with E-state index in [1.807, 2.05) is 6.92 Å². The predicted octanol–water partition coefficient (Wildman–Crippen LogP) is 2.95. The summed E-state index contributed by atoms with van der Waals surface area (Å²) in [7, 11) is -3.36. The second kappa shape index (κ2) is 6.52. The van der Waals surface area contributed by atoms with Crippen molar-refractivity contribution in [2.24, 2.45) is 10.9 Å². The monoisotopic (exact) mass is 307 g/mol. The third kappa shape index (κ3) is 4.24. The minimum atomic E-state index is -3.36. The van der Waals surface area contributed by atoms with E-state index in [9.17, 15) is 13.2 Å². The first-order valence-electron chi connectivity index (χ1n) is 7.20. The number of carbonyl (C=O) groups is 1. The summed E-state index contributed by atoms with van der Waals surface area (Å²) in [4.78, 5) is 15.9. The second-order valence-corrected chi connectivity index (χ2v) is 7.63. The first-order chi connectivity index (χ1) is 9.88. The number of nitrogens with zero attached hydrogens (tertiary/aromatic N) is 1. The molecule has 0 N–H and O–H groups in total. The van der Waals surface area contributed by atoms with E-state index < -0.39 is 9.84 Å². The van der Waals surface area contributed by atoms with E-state index in [0.717, 1.165) is 37.0 Å². The van der Waals surface area contributed by atoms with E-state index in [4.69, 9.17) is 0 Å². The molecule has 21 heavy (non-hydrogen) atoms. The fourth-order valence-corrected chi connectivity index (χ4v) is 3.56. The lowest BCUT2D eigenvalue weighted by atomic mass is 9.85. The Balaban J connectivity index is 2.00. The second-order valence-electron chi connectivity index (χ2n) is 5.67. The van der Waals surface area contributed by atoms with Crippen LogP contribution in [0, 0.1) is 12.8 Å². The van der Waals surface area contributed by atoms with Gasteiger partial charge in [0.1, 0.15) is 11.7 Å². The molecule has 1 saturated carbocycles. The van der Waals surface area contributed by atoms with Gasteiger partial charge in [-0.3, -0.25) is 9.79 Å². The predicted molar refractivity (Wildman–Crippen MR) is 83.3 cm³/mol. The topological polar surface area (TPSA) is 63.6 Å². The molecule has 0 radical (unpaired) electrons. The van der Waals surface area contributed by atoms with E-state index in [0.29, 0.717) is 4.90 Å². The molecular weight excluding hydrogens is 286 g/mol. The molecule has 114 valence electrons. The SMILES string of the molecule is CC(=O)C1CCC(=NCS(=O)(=O)c2ccc(C)cc2)CC1. The Morgan fingerprint density at radius 1 is 1.19 bits per heavy atom. The van der Waals surface area contributed by atoms with Gasteiger partial charge in [0.05, 0.1) is 4.90 Å². The average molecular weight is 307 g/mol. The number of carbonyl (C=O) groups excluding carboxylic acids is 1. The smallest absolute Gasteiger partial charge is 0.198 e. The largest absolute Gasteiger partial charge is 0.300 e. The van der Waals surface area contributed by atoms with Crippen molar-refractivity contribution >= 4 is 21.3 Å². The zero-order valence-corrected chi connectivity index (χ0v) is 13.3. The van der Waals surface area contributed by atoms with Crippen molar-refractivity contribution in [3.05, 3.63) is 29.8 Å². The van der Waals surface area contributed by atoms with Gasteiger partial charge in [-0.2, -0.15) is 0 Å². The summed E-state index contributed by atoms with van der Waals surface area (Å²) in [6.07, 6.45) is 3.04. The van der Waals surface area contributed by atoms with Gasteiger partial charge in [-0.1, -0.05) is 17.7 Å². The van der Waals surface area contributed by atoms with Crippen LogP contribution in [-0.2, 0) is 14.6 Å². The Bertz CT molecular complexity index is 635. The number of Topliss-reactive ketones (excluding diaryl/α,β-unsaturated/α-hetero) is 1. The number of aryl methyl sites for hydroxylation is 1. The number of aliphatic imine (C=N–C) groups is 1. The number of hydrogen-bond donors (Lipinski definition) is 0.